The van der Waals surface area contributed by atoms with Gasteiger partial charge in [-0.3, -0.25) is 14.4 Å². The predicted octanol–water partition coefficient (Wildman–Crippen LogP) is 0.897. The van der Waals surface area contributed by atoms with Crippen LogP contribution in [0.15, 0.2) is 18.2 Å². The van der Waals surface area contributed by atoms with E-state index < -0.39 is 11.9 Å². The maximum atomic E-state index is 11.4. The first-order valence-electron chi connectivity index (χ1n) is 5.17. The molecule has 0 saturated heterocycles. The van der Waals surface area contributed by atoms with E-state index in [-0.39, 0.29) is 17.4 Å². The summed E-state index contributed by atoms with van der Waals surface area (Å²) in [6, 6.07) is 4.19. The van der Waals surface area contributed by atoms with Crippen LogP contribution in [0.2, 0.25) is 0 Å². The standard InChI is InChI=1S/C12H13NO5/c1-7(14)17-10-5-4-9(12(16)13-3)6-11(10)18-8(2)15/h4-6H,1-3H3,(H,13,16). The van der Waals surface area contributed by atoms with Crippen molar-refractivity contribution in [2.75, 3.05) is 7.05 Å². The largest absolute Gasteiger partial charge is 0.423 e. The molecule has 0 aliphatic carbocycles. The number of hydrogen-bond donors (Lipinski definition) is 1. The molecule has 0 aromatic heterocycles. The maximum Gasteiger partial charge on any atom is 0.308 e. The molecule has 0 spiro atoms. The van der Waals surface area contributed by atoms with Crippen molar-refractivity contribution in [3.8, 4) is 11.5 Å². The number of benzene rings is 1. The minimum absolute atomic E-state index is 0.0267. The van der Waals surface area contributed by atoms with Crippen LogP contribution in [0.4, 0.5) is 0 Å². The molecule has 0 radical (unpaired) electrons. The molecule has 0 fully saturated rings. The van der Waals surface area contributed by atoms with Crippen LogP contribution in [0.3, 0.4) is 0 Å². The van der Waals surface area contributed by atoms with Crippen molar-refractivity contribution < 1.29 is 23.9 Å². The highest BCUT2D eigenvalue weighted by molar-refractivity contribution is 5.95. The number of carbonyl (C=O) groups excluding carboxylic acids is 3. The molecule has 1 amide bonds. The van der Waals surface area contributed by atoms with Gasteiger partial charge in [0.05, 0.1) is 0 Å². The minimum Gasteiger partial charge on any atom is -0.423 e. The second-order valence-corrected chi connectivity index (χ2v) is 3.43. The van der Waals surface area contributed by atoms with E-state index in [1.54, 1.807) is 0 Å². The number of esters is 2. The van der Waals surface area contributed by atoms with E-state index in [1.165, 1.54) is 39.1 Å². The second kappa shape index (κ2) is 5.81. The van der Waals surface area contributed by atoms with Crippen molar-refractivity contribution in [3.63, 3.8) is 0 Å². The molecule has 0 bridgehead atoms. The average molecular weight is 251 g/mol. The van der Waals surface area contributed by atoms with Crippen LogP contribution in [-0.4, -0.2) is 24.9 Å². The molecular formula is C12H13NO5. The quantitative estimate of drug-likeness (QED) is 0.637. The summed E-state index contributed by atoms with van der Waals surface area (Å²) in [7, 11) is 1.48. The summed E-state index contributed by atoms with van der Waals surface area (Å²) in [5, 5.41) is 2.43. The zero-order chi connectivity index (χ0) is 13.7. The first kappa shape index (κ1) is 13.7. The van der Waals surface area contributed by atoms with Crippen LogP contribution < -0.4 is 14.8 Å². The lowest BCUT2D eigenvalue weighted by molar-refractivity contribution is -0.134. The lowest BCUT2D eigenvalue weighted by Crippen LogP contribution is -2.18. The number of ether oxygens (including phenoxy) is 2. The van der Waals surface area contributed by atoms with Gasteiger partial charge in [0.1, 0.15) is 0 Å². The molecule has 1 aromatic rings. The van der Waals surface area contributed by atoms with Crippen LogP contribution in [-0.2, 0) is 9.59 Å². The molecular weight excluding hydrogens is 238 g/mol. The SMILES string of the molecule is CNC(=O)c1ccc(OC(C)=O)c(OC(C)=O)c1. The molecule has 18 heavy (non-hydrogen) atoms. The van der Waals surface area contributed by atoms with Gasteiger partial charge in [-0.1, -0.05) is 0 Å². The monoisotopic (exact) mass is 251 g/mol. The number of nitrogens with one attached hydrogen (secondary N) is 1. The molecule has 0 aliphatic rings. The van der Waals surface area contributed by atoms with Gasteiger partial charge in [0.15, 0.2) is 11.5 Å². The zero-order valence-electron chi connectivity index (χ0n) is 10.3. The van der Waals surface area contributed by atoms with Crippen molar-refractivity contribution in [2.24, 2.45) is 0 Å². The molecule has 0 heterocycles. The van der Waals surface area contributed by atoms with Gasteiger partial charge >= 0.3 is 11.9 Å². The highest BCUT2D eigenvalue weighted by Crippen LogP contribution is 2.28. The van der Waals surface area contributed by atoms with Gasteiger partial charge in [-0.2, -0.15) is 0 Å². The molecule has 1 rings (SSSR count). The predicted molar refractivity (Wildman–Crippen MR) is 62.5 cm³/mol. The van der Waals surface area contributed by atoms with E-state index in [4.69, 9.17) is 9.47 Å². The van der Waals surface area contributed by atoms with Gasteiger partial charge in [-0.05, 0) is 18.2 Å². The third-order valence-corrected chi connectivity index (χ3v) is 1.94. The van der Waals surface area contributed by atoms with E-state index in [1.807, 2.05) is 0 Å². The number of carbonyl (C=O) groups is 3. The fourth-order valence-corrected chi connectivity index (χ4v) is 1.27. The van der Waals surface area contributed by atoms with Crippen LogP contribution in [0.1, 0.15) is 24.2 Å². The molecule has 0 atom stereocenters. The minimum atomic E-state index is -0.572. The van der Waals surface area contributed by atoms with Gasteiger partial charge in [0.2, 0.25) is 0 Å². The third-order valence-electron chi connectivity index (χ3n) is 1.94. The first-order valence-corrected chi connectivity index (χ1v) is 5.17. The fraction of sp³-hybridized carbons (Fsp3) is 0.250. The summed E-state index contributed by atoms with van der Waals surface area (Å²) in [6.07, 6.45) is 0. The Hall–Kier alpha value is -2.37. The van der Waals surface area contributed by atoms with E-state index in [9.17, 15) is 14.4 Å². The highest BCUT2D eigenvalue weighted by Gasteiger charge is 2.13. The summed E-state index contributed by atoms with van der Waals surface area (Å²) in [5.41, 5.74) is 0.296. The Morgan fingerprint density at radius 3 is 2.06 bits per heavy atom. The van der Waals surface area contributed by atoms with Crippen LogP contribution in [0, 0.1) is 0 Å². The summed E-state index contributed by atoms with van der Waals surface area (Å²) in [5.74, 6) is -1.34. The van der Waals surface area contributed by atoms with Gasteiger partial charge in [-0.15, -0.1) is 0 Å². The van der Waals surface area contributed by atoms with Crippen LogP contribution in [0.5, 0.6) is 11.5 Å². The Balaban J connectivity index is 3.15. The Morgan fingerprint density at radius 2 is 1.56 bits per heavy atom. The molecule has 96 valence electrons. The van der Waals surface area contributed by atoms with Crippen molar-refractivity contribution in [3.05, 3.63) is 23.8 Å². The first-order chi connectivity index (χ1) is 8.43. The van der Waals surface area contributed by atoms with Crippen molar-refractivity contribution in [1.82, 2.24) is 5.32 Å². The lowest BCUT2D eigenvalue weighted by Gasteiger charge is -2.09. The van der Waals surface area contributed by atoms with Gasteiger partial charge in [-0.25, -0.2) is 0 Å². The Labute approximate surface area is 104 Å². The maximum absolute atomic E-state index is 11.4. The van der Waals surface area contributed by atoms with E-state index in [2.05, 4.69) is 5.32 Å². The van der Waals surface area contributed by atoms with E-state index in [0.717, 1.165) is 0 Å². The summed E-state index contributed by atoms with van der Waals surface area (Å²) < 4.78 is 9.75. The second-order valence-electron chi connectivity index (χ2n) is 3.43. The molecule has 0 saturated carbocycles. The van der Waals surface area contributed by atoms with Gasteiger partial charge in [0, 0.05) is 26.5 Å². The number of hydrogen-bond acceptors (Lipinski definition) is 5. The average Bonchev–Trinajstić information content (AvgIpc) is 2.29. The highest BCUT2D eigenvalue weighted by atomic mass is 16.6. The van der Waals surface area contributed by atoms with Crippen LogP contribution >= 0.6 is 0 Å². The Morgan fingerprint density at radius 1 is 1.00 bits per heavy atom. The van der Waals surface area contributed by atoms with Gasteiger partial charge < -0.3 is 14.8 Å². The topological polar surface area (TPSA) is 81.7 Å². The van der Waals surface area contributed by atoms with Crippen molar-refractivity contribution in [2.45, 2.75) is 13.8 Å². The number of amides is 1. The smallest absolute Gasteiger partial charge is 0.308 e. The third kappa shape index (κ3) is 3.58. The lowest BCUT2D eigenvalue weighted by atomic mass is 10.2. The summed E-state index contributed by atoms with van der Waals surface area (Å²) >= 11 is 0. The Bertz CT molecular complexity index is 495. The molecule has 6 heteroatoms. The molecule has 1 aromatic carbocycles. The molecule has 0 unspecified atom stereocenters. The van der Waals surface area contributed by atoms with Crippen LogP contribution in [0.25, 0.3) is 0 Å². The van der Waals surface area contributed by atoms with Crippen molar-refractivity contribution >= 4 is 17.8 Å². The van der Waals surface area contributed by atoms with Gasteiger partial charge in [0.25, 0.3) is 5.91 Å². The summed E-state index contributed by atoms with van der Waals surface area (Å²) in [4.78, 5) is 33.2. The zero-order valence-corrected chi connectivity index (χ0v) is 10.3. The Kier molecular flexibility index (Phi) is 4.42. The molecule has 6 nitrogen and oxygen atoms in total. The van der Waals surface area contributed by atoms with Crippen molar-refractivity contribution in [1.29, 1.82) is 0 Å². The van der Waals surface area contributed by atoms with E-state index >= 15 is 0 Å². The molecule has 0 aliphatic heterocycles. The summed E-state index contributed by atoms with van der Waals surface area (Å²) in [6.45, 7) is 2.44. The van der Waals surface area contributed by atoms with E-state index in [0.29, 0.717) is 5.56 Å². The number of rotatable bonds is 3. The fourth-order valence-electron chi connectivity index (χ4n) is 1.27. The molecule has 1 N–H and O–H groups in total. The normalized spacial score (nSPS) is 9.50.